The van der Waals surface area contributed by atoms with Crippen molar-refractivity contribution in [3.8, 4) is 0 Å². The van der Waals surface area contributed by atoms with E-state index in [-0.39, 0.29) is 18.0 Å². The molecule has 5 nitrogen and oxygen atoms in total. The Morgan fingerprint density at radius 2 is 1.60 bits per heavy atom. The molecule has 1 heterocycles. The molecule has 0 radical (unpaired) electrons. The summed E-state index contributed by atoms with van der Waals surface area (Å²) in [5, 5.41) is 4.28. The molecule has 6 heteroatoms. The number of carbonyl (C=O) groups excluding carboxylic acids is 1. The van der Waals surface area contributed by atoms with Gasteiger partial charge in [-0.15, -0.1) is 0 Å². The first-order chi connectivity index (χ1) is 14.4. The first kappa shape index (κ1) is 22.3. The normalized spacial score (nSPS) is 24.6. The zero-order valence-corrected chi connectivity index (χ0v) is 18.6. The van der Waals surface area contributed by atoms with E-state index in [1.807, 2.05) is 24.3 Å². The van der Waals surface area contributed by atoms with Gasteiger partial charge in [-0.05, 0) is 31.0 Å². The lowest BCUT2D eigenvalue weighted by Crippen LogP contribution is -2.45. The summed E-state index contributed by atoms with van der Waals surface area (Å²) in [6.07, 6.45) is -0.227. The molecule has 160 valence electrons. The van der Waals surface area contributed by atoms with Gasteiger partial charge in [0, 0.05) is 24.4 Å². The summed E-state index contributed by atoms with van der Waals surface area (Å²) in [4.78, 5) is 19.4. The van der Waals surface area contributed by atoms with Crippen molar-refractivity contribution in [2.45, 2.75) is 44.8 Å². The van der Waals surface area contributed by atoms with Crippen LogP contribution in [-0.4, -0.2) is 29.4 Å². The van der Waals surface area contributed by atoms with Crippen LogP contribution in [0.4, 0.5) is 4.79 Å². The Bertz CT molecular complexity index is 855. The minimum atomic E-state index is -0.890. The molecule has 1 aliphatic rings. The number of rotatable bonds is 5. The van der Waals surface area contributed by atoms with Gasteiger partial charge in [0.1, 0.15) is 0 Å². The summed E-state index contributed by atoms with van der Waals surface area (Å²) in [5.74, 6) is 0.373. The number of ether oxygens (including phenoxy) is 1. The van der Waals surface area contributed by atoms with Crippen LogP contribution in [0.3, 0.4) is 0 Å². The number of likely N-dealkylation sites (tertiary alicyclic amines) is 1. The minimum absolute atomic E-state index is 0.0820. The Hall–Kier alpha value is -2.37. The average molecular weight is 429 g/mol. The quantitative estimate of drug-likeness (QED) is 0.247. The molecule has 0 N–H and O–H groups in total. The van der Waals surface area contributed by atoms with E-state index in [0.29, 0.717) is 12.3 Å². The lowest BCUT2D eigenvalue weighted by atomic mass is 9.74. The van der Waals surface area contributed by atoms with Crippen molar-refractivity contribution < 1.29 is 14.4 Å². The summed E-state index contributed by atoms with van der Waals surface area (Å²) < 4.78 is 4.87. The third-order valence-corrected chi connectivity index (χ3v) is 5.69. The Morgan fingerprint density at radius 3 is 2.13 bits per heavy atom. The van der Waals surface area contributed by atoms with Crippen molar-refractivity contribution in [1.82, 2.24) is 4.90 Å². The molecule has 1 aliphatic heterocycles. The van der Waals surface area contributed by atoms with Gasteiger partial charge in [0.2, 0.25) is 0 Å². The van der Waals surface area contributed by atoms with E-state index >= 15 is 0 Å². The number of piperidine rings is 1. The molecular formula is C24H29ClN2O3. The van der Waals surface area contributed by atoms with Crippen LogP contribution in [0.25, 0.3) is 0 Å². The largest absolute Gasteiger partial charge is 0.536 e. The smallest absolute Gasteiger partial charge is 0.413 e. The second-order valence-corrected chi connectivity index (χ2v) is 8.62. The molecule has 1 fully saturated rings. The van der Waals surface area contributed by atoms with Crippen molar-refractivity contribution >= 4 is 23.5 Å². The van der Waals surface area contributed by atoms with Gasteiger partial charge in [-0.2, -0.15) is 0 Å². The van der Waals surface area contributed by atoms with Crippen LogP contribution in [0, 0.1) is 11.8 Å². The molecule has 1 saturated heterocycles. The van der Waals surface area contributed by atoms with Gasteiger partial charge in [0.25, 0.3) is 0 Å². The van der Waals surface area contributed by atoms with Gasteiger partial charge in [0.15, 0.2) is 5.56 Å². The van der Waals surface area contributed by atoms with E-state index in [1.54, 1.807) is 6.92 Å². The summed E-state index contributed by atoms with van der Waals surface area (Å²) in [5.41, 5.74) is 2.49. The highest BCUT2D eigenvalue weighted by Gasteiger charge is 2.42. The number of hydrogen-bond donors (Lipinski definition) is 0. The summed E-state index contributed by atoms with van der Waals surface area (Å²) in [7, 11) is 2.16. The van der Waals surface area contributed by atoms with Crippen LogP contribution in [0.1, 0.15) is 50.4 Å². The Labute approximate surface area is 183 Å². The van der Waals surface area contributed by atoms with E-state index in [2.05, 4.69) is 67.3 Å². The zero-order valence-electron chi connectivity index (χ0n) is 17.9. The van der Waals surface area contributed by atoms with Gasteiger partial charge in [-0.1, -0.05) is 91.3 Å². The molecule has 0 spiro atoms. The number of oxime groups is 1. The highest BCUT2D eigenvalue weighted by atomic mass is 35.5. The second kappa shape index (κ2) is 10.1. The first-order valence-corrected chi connectivity index (χ1v) is 10.7. The Morgan fingerprint density at radius 1 is 1.03 bits per heavy atom. The molecule has 0 aliphatic carbocycles. The highest BCUT2D eigenvalue weighted by Crippen LogP contribution is 2.45. The predicted octanol–water partition coefficient (Wildman–Crippen LogP) is 6.17. The zero-order chi connectivity index (χ0) is 21.7. The number of carbonyl (C=O) groups is 1. The maximum absolute atomic E-state index is 11.9. The molecular weight excluding hydrogens is 400 g/mol. The highest BCUT2D eigenvalue weighted by molar-refractivity contribution is 6.19. The lowest BCUT2D eigenvalue weighted by Gasteiger charge is -2.46. The van der Waals surface area contributed by atoms with Crippen molar-refractivity contribution in [3.63, 3.8) is 0 Å². The van der Waals surface area contributed by atoms with E-state index in [1.165, 1.54) is 11.1 Å². The molecule has 2 aromatic rings. The molecule has 0 bridgehead atoms. The number of nitrogens with zero attached hydrogens (tertiary/aromatic N) is 2. The fraction of sp³-hybridized carbons (Fsp3) is 0.417. The fourth-order valence-electron chi connectivity index (χ4n) is 4.33. The number of hydrogen-bond acceptors (Lipinski definition) is 5. The van der Waals surface area contributed by atoms with Crippen LogP contribution in [0.2, 0.25) is 0 Å². The van der Waals surface area contributed by atoms with Crippen LogP contribution >= 0.6 is 11.6 Å². The van der Waals surface area contributed by atoms with Gasteiger partial charge in [-0.25, -0.2) is 4.79 Å². The van der Waals surface area contributed by atoms with Crippen LogP contribution < -0.4 is 0 Å². The first-order valence-electron chi connectivity index (χ1n) is 10.3. The third kappa shape index (κ3) is 5.21. The summed E-state index contributed by atoms with van der Waals surface area (Å²) in [6, 6.07) is 21.0. The average Bonchev–Trinajstić information content (AvgIpc) is 2.73. The molecule has 4 unspecified atom stereocenters. The lowest BCUT2D eigenvalue weighted by molar-refractivity contribution is 0.0475. The molecule has 4 atom stereocenters. The van der Waals surface area contributed by atoms with E-state index < -0.39 is 11.7 Å². The Kier molecular flexibility index (Phi) is 7.51. The molecule has 2 aromatic carbocycles. The standard InChI is InChI=1S/C24H29ClN2O3/c1-16(2)22-20(26-30-24(28)29-17(3)25)15-21(18-11-7-5-8-12-18)27(4)23(22)19-13-9-6-10-14-19/h5-14,16-17,21-23H,15H2,1-4H3/b26-20+. The maximum atomic E-state index is 11.9. The number of alkyl halides is 1. The maximum Gasteiger partial charge on any atom is 0.536 e. The van der Waals surface area contributed by atoms with Crippen LogP contribution in [-0.2, 0) is 9.57 Å². The van der Waals surface area contributed by atoms with Crippen molar-refractivity contribution in [3.05, 3.63) is 71.8 Å². The summed E-state index contributed by atoms with van der Waals surface area (Å²) in [6.45, 7) is 5.90. The van der Waals surface area contributed by atoms with Gasteiger partial charge >= 0.3 is 6.16 Å². The third-order valence-electron chi connectivity index (χ3n) is 5.60. The van der Waals surface area contributed by atoms with Crippen molar-refractivity contribution in [1.29, 1.82) is 0 Å². The van der Waals surface area contributed by atoms with Crippen molar-refractivity contribution in [2.24, 2.45) is 17.0 Å². The van der Waals surface area contributed by atoms with Gasteiger partial charge < -0.3 is 4.74 Å². The SMILES string of the molecule is CC(Cl)OC(=O)O/N=C1\CC(c2ccccc2)N(C)C(c2ccccc2)C1C(C)C. The Balaban J connectivity index is 2.01. The molecule has 0 saturated carbocycles. The fourth-order valence-corrected chi connectivity index (χ4v) is 4.40. The van der Waals surface area contributed by atoms with E-state index in [4.69, 9.17) is 21.2 Å². The number of benzene rings is 2. The van der Waals surface area contributed by atoms with Crippen LogP contribution in [0.15, 0.2) is 65.8 Å². The second-order valence-electron chi connectivity index (χ2n) is 8.01. The summed E-state index contributed by atoms with van der Waals surface area (Å²) >= 11 is 5.72. The van der Waals surface area contributed by atoms with Crippen LogP contribution in [0.5, 0.6) is 0 Å². The monoisotopic (exact) mass is 428 g/mol. The van der Waals surface area contributed by atoms with Gasteiger partial charge in [-0.3, -0.25) is 9.74 Å². The topological polar surface area (TPSA) is 51.1 Å². The predicted molar refractivity (Wildman–Crippen MR) is 119 cm³/mol. The van der Waals surface area contributed by atoms with E-state index in [0.717, 1.165) is 5.71 Å². The number of halogens is 1. The van der Waals surface area contributed by atoms with E-state index in [9.17, 15) is 4.79 Å². The minimum Gasteiger partial charge on any atom is -0.413 e. The molecule has 0 aromatic heterocycles. The van der Waals surface area contributed by atoms with Gasteiger partial charge in [0.05, 0.1) is 5.71 Å². The van der Waals surface area contributed by atoms with Crippen molar-refractivity contribution in [2.75, 3.05) is 7.05 Å². The molecule has 3 rings (SSSR count). The molecule has 30 heavy (non-hydrogen) atoms. The molecule has 0 amide bonds.